The van der Waals surface area contributed by atoms with Gasteiger partial charge in [0.2, 0.25) is 5.91 Å². The molecule has 0 radical (unpaired) electrons. The van der Waals surface area contributed by atoms with Crippen molar-refractivity contribution in [1.29, 1.82) is 0 Å². The number of rotatable bonds is 5. The summed E-state index contributed by atoms with van der Waals surface area (Å²) in [5.41, 5.74) is 6.62. The molecule has 134 valence electrons. The van der Waals surface area contributed by atoms with E-state index in [-0.39, 0.29) is 5.91 Å². The average Bonchev–Trinajstić information content (AvgIpc) is 3.02. The van der Waals surface area contributed by atoms with Gasteiger partial charge in [-0.05, 0) is 49.6 Å². The maximum Gasteiger partial charge on any atom is 0.230 e. The predicted octanol–water partition coefficient (Wildman–Crippen LogP) is 4.93. The number of ether oxygens (including phenoxy) is 1. The van der Waals surface area contributed by atoms with Gasteiger partial charge in [-0.15, -0.1) is 11.3 Å². The quantitative estimate of drug-likeness (QED) is 0.697. The molecule has 2 aromatic carbocycles. The number of thiazole rings is 1. The summed E-state index contributed by atoms with van der Waals surface area (Å²) in [5.74, 6) is 0.705. The van der Waals surface area contributed by atoms with Crippen LogP contribution in [-0.4, -0.2) is 18.0 Å². The molecule has 0 saturated heterocycles. The van der Waals surface area contributed by atoms with E-state index in [1.54, 1.807) is 7.11 Å². The van der Waals surface area contributed by atoms with E-state index >= 15 is 0 Å². The van der Waals surface area contributed by atoms with Gasteiger partial charge in [-0.3, -0.25) is 4.79 Å². The molecule has 3 rings (SSSR count). The maximum atomic E-state index is 12.3. The highest BCUT2D eigenvalue weighted by Crippen LogP contribution is 2.31. The zero-order valence-electron chi connectivity index (χ0n) is 15.4. The lowest BCUT2D eigenvalue weighted by Gasteiger charge is -2.08. The largest absolute Gasteiger partial charge is 0.497 e. The van der Waals surface area contributed by atoms with Crippen LogP contribution < -0.4 is 10.1 Å². The second-order valence-corrected chi connectivity index (χ2v) is 7.24. The lowest BCUT2D eigenvalue weighted by atomic mass is 9.98. The Hall–Kier alpha value is -2.66. The van der Waals surface area contributed by atoms with Crippen LogP contribution in [0.5, 0.6) is 5.75 Å². The van der Waals surface area contributed by atoms with Gasteiger partial charge < -0.3 is 10.1 Å². The highest BCUT2D eigenvalue weighted by Gasteiger charge is 2.12. The number of carbonyl (C=O) groups excluding carboxylic acids is 1. The fraction of sp³-hybridized carbons (Fsp3) is 0.238. The first-order valence-electron chi connectivity index (χ1n) is 8.43. The average molecular weight is 366 g/mol. The number of amides is 1. The van der Waals surface area contributed by atoms with Crippen molar-refractivity contribution in [3.63, 3.8) is 0 Å². The molecule has 3 aromatic rings. The predicted molar refractivity (Wildman–Crippen MR) is 107 cm³/mol. The SMILES string of the molecule is COc1ccc(CC(=O)Nc2nc(-c3c(C)cc(C)cc3C)cs2)cc1. The zero-order chi connectivity index (χ0) is 18.7. The van der Waals surface area contributed by atoms with Gasteiger partial charge in [0, 0.05) is 10.9 Å². The van der Waals surface area contributed by atoms with Gasteiger partial charge in [0.25, 0.3) is 0 Å². The van der Waals surface area contributed by atoms with Crippen LogP contribution in [0.1, 0.15) is 22.3 Å². The highest BCUT2D eigenvalue weighted by molar-refractivity contribution is 7.14. The Labute approximate surface area is 157 Å². The van der Waals surface area contributed by atoms with Crippen LogP contribution >= 0.6 is 11.3 Å². The molecule has 1 amide bonds. The standard InChI is InChI=1S/C21H22N2O2S/c1-13-9-14(2)20(15(3)10-13)18-12-26-21(22-18)23-19(24)11-16-5-7-17(25-4)8-6-16/h5-10,12H,11H2,1-4H3,(H,22,23,24). The third-order valence-electron chi connectivity index (χ3n) is 4.21. The second kappa shape index (κ2) is 7.70. The lowest BCUT2D eigenvalue weighted by Crippen LogP contribution is -2.14. The van der Waals surface area contributed by atoms with Gasteiger partial charge in [0.15, 0.2) is 5.13 Å². The lowest BCUT2D eigenvalue weighted by molar-refractivity contribution is -0.115. The molecule has 4 nitrogen and oxygen atoms in total. The molecule has 0 aliphatic rings. The van der Waals surface area contributed by atoms with Gasteiger partial charge in [0.05, 0.1) is 19.2 Å². The number of benzene rings is 2. The van der Waals surface area contributed by atoms with Crippen LogP contribution in [0.15, 0.2) is 41.8 Å². The van der Waals surface area contributed by atoms with Crippen LogP contribution in [0.4, 0.5) is 5.13 Å². The number of anilines is 1. The molecule has 0 saturated carbocycles. The number of carbonyl (C=O) groups is 1. The van der Waals surface area contributed by atoms with Crippen molar-refractivity contribution >= 4 is 22.4 Å². The first-order valence-corrected chi connectivity index (χ1v) is 9.31. The number of aromatic nitrogens is 1. The Morgan fingerprint density at radius 3 is 2.38 bits per heavy atom. The molecular formula is C21H22N2O2S. The van der Waals surface area contributed by atoms with Crippen LogP contribution in [-0.2, 0) is 11.2 Å². The fourth-order valence-electron chi connectivity index (χ4n) is 3.12. The molecule has 0 atom stereocenters. The third kappa shape index (κ3) is 4.11. The van der Waals surface area contributed by atoms with Crippen LogP contribution in [0, 0.1) is 20.8 Å². The summed E-state index contributed by atoms with van der Waals surface area (Å²) < 4.78 is 5.13. The minimum absolute atomic E-state index is 0.0755. The van der Waals surface area contributed by atoms with E-state index in [1.807, 2.05) is 29.6 Å². The van der Waals surface area contributed by atoms with Crippen LogP contribution in [0.2, 0.25) is 0 Å². The molecule has 0 bridgehead atoms. The van der Waals surface area contributed by atoms with E-state index < -0.39 is 0 Å². The monoisotopic (exact) mass is 366 g/mol. The Kier molecular flexibility index (Phi) is 5.38. The Morgan fingerprint density at radius 2 is 1.77 bits per heavy atom. The molecular weight excluding hydrogens is 344 g/mol. The highest BCUT2D eigenvalue weighted by atomic mass is 32.1. The van der Waals surface area contributed by atoms with E-state index in [2.05, 4.69) is 43.2 Å². The van der Waals surface area contributed by atoms with Crippen molar-refractivity contribution in [2.75, 3.05) is 12.4 Å². The van der Waals surface area contributed by atoms with E-state index in [0.29, 0.717) is 11.6 Å². The van der Waals surface area contributed by atoms with E-state index in [1.165, 1.54) is 28.0 Å². The van der Waals surface area contributed by atoms with Gasteiger partial charge in [-0.25, -0.2) is 4.98 Å². The molecule has 26 heavy (non-hydrogen) atoms. The summed E-state index contributed by atoms with van der Waals surface area (Å²) in [6.07, 6.45) is 0.307. The van der Waals surface area contributed by atoms with Gasteiger partial charge in [0.1, 0.15) is 5.75 Å². The van der Waals surface area contributed by atoms with E-state index in [4.69, 9.17) is 4.74 Å². The molecule has 5 heteroatoms. The first-order chi connectivity index (χ1) is 12.5. The molecule has 1 aromatic heterocycles. The van der Waals surface area contributed by atoms with Crippen molar-refractivity contribution in [3.8, 4) is 17.0 Å². The molecule has 0 aliphatic heterocycles. The zero-order valence-corrected chi connectivity index (χ0v) is 16.2. The third-order valence-corrected chi connectivity index (χ3v) is 4.97. The molecule has 1 heterocycles. The molecule has 0 aliphatic carbocycles. The number of nitrogens with zero attached hydrogens (tertiary/aromatic N) is 1. The number of hydrogen-bond acceptors (Lipinski definition) is 4. The van der Waals surface area contributed by atoms with Crippen molar-refractivity contribution in [1.82, 2.24) is 4.98 Å². The number of methoxy groups -OCH3 is 1. The minimum atomic E-state index is -0.0755. The molecule has 0 spiro atoms. The van der Waals surface area contributed by atoms with Gasteiger partial charge in [-0.2, -0.15) is 0 Å². The number of nitrogens with one attached hydrogen (secondary N) is 1. The summed E-state index contributed by atoms with van der Waals surface area (Å²) in [7, 11) is 1.62. The number of hydrogen-bond donors (Lipinski definition) is 1. The van der Waals surface area contributed by atoms with Crippen molar-refractivity contribution in [3.05, 3.63) is 64.0 Å². The minimum Gasteiger partial charge on any atom is -0.497 e. The van der Waals surface area contributed by atoms with Crippen molar-refractivity contribution in [2.24, 2.45) is 0 Å². The fourth-order valence-corrected chi connectivity index (χ4v) is 3.84. The Bertz CT molecular complexity index is 906. The summed E-state index contributed by atoms with van der Waals surface area (Å²) in [4.78, 5) is 16.9. The van der Waals surface area contributed by atoms with Crippen molar-refractivity contribution < 1.29 is 9.53 Å². The Morgan fingerprint density at radius 1 is 1.12 bits per heavy atom. The maximum absolute atomic E-state index is 12.3. The van der Waals surface area contributed by atoms with Gasteiger partial charge >= 0.3 is 0 Å². The first kappa shape index (κ1) is 18.1. The topological polar surface area (TPSA) is 51.2 Å². The van der Waals surface area contributed by atoms with E-state index in [9.17, 15) is 4.79 Å². The van der Waals surface area contributed by atoms with Crippen LogP contribution in [0.3, 0.4) is 0 Å². The molecule has 0 fully saturated rings. The molecule has 0 unspecified atom stereocenters. The summed E-state index contributed by atoms with van der Waals surface area (Å²) in [5, 5.41) is 5.51. The van der Waals surface area contributed by atoms with E-state index in [0.717, 1.165) is 22.6 Å². The smallest absolute Gasteiger partial charge is 0.230 e. The van der Waals surface area contributed by atoms with Crippen molar-refractivity contribution in [2.45, 2.75) is 27.2 Å². The van der Waals surface area contributed by atoms with Gasteiger partial charge in [-0.1, -0.05) is 29.8 Å². The normalized spacial score (nSPS) is 10.6. The number of aryl methyl sites for hydroxylation is 3. The second-order valence-electron chi connectivity index (χ2n) is 6.38. The van der Waals surface area contributed by atoms with Crippen LogP contribution in [0.25, 0.3) is 11.3 Å². The summed E-state index contributed by atoms with van der Waals surface area (Å²) >= 11 is 1.45. The summed E-state index contributed by atoms with van der Waals surface area (Å²) in [6.45, 7) is 6.28. The Balaban J connectivity index is 1.71. The molecule has 1 N–H and O–H groups in total. The summed E-state index contributed by atoms with van der Waals surface area (Å²) in [6, 6.07) is 11.8.